The van der Waals surface area contributed by atoms with Crippen LogP contribution in [0.2, 0.25) is 0 Å². The molecule has 0 spiro atoms. The molecule has 0 saturated carbocycles. The van der Waals surface area contributed by atoms with Gasteiger partial charge in [-0.15, -0.1) is 0 Å². The summed E-state index contributed by atoms with van der Waals surface area (Å²) in [5, 5.41) is 16.8. The van der Waals surface area contributed by atoms with E-state index in [0.29, 0.717) is 0 Å². The second kappa shape index (κ2) is 6.78. The van der Waals surface area contributed by atoms with Crippen molar-refractivity contribution in [1.29, 1.82) is 0 Å². The number of nitrogens with zero attached hydrogens (tertiary/aromatic N) is 4. The van der Waals surface area contributed by atoms with E-state index < -0.39 is 5.60 Å². The molecule has 1 aromatic carbocycles. The summed E-state index contributed by atoms with van der Waals surface area (Å²) in [7, 11) is 1.66. The van der Waals surface area contributed by atoms with E-state index in [9.17, 15) is 9.90 Å². The SMILES string of the molecule is CC(NC(=O)N(C)CC(C)(C)O)c1ccc(-n2cncn2)cc1. The maximum absolute atomic E-state index is 12.1. The molecule has 7 nitrogen and oxygen atoms in total. The lowest BCUT2D eigenvalue weighted by molar-refractivity contribution is 0.0528. The summed E-state index contributed by atoms with van der Waals surface area (Å²) in [5.74, 6) is 0. The number of aliphatic hydroxyl groups is 1. The molecule has 2 amide bonds. The minimum absolute atomic E-state index is 0.142. The van der Waals surface area contributed by atoms with Gasteiger partial charge in [0.2, 0.25) is 0 Å². The Bertz CT molecular complexity index is 631. The molecule has 23 heavy (non-hydrogen) atoms. The normalized spacial score (nSPS) is 12.7. The van der Waals surface area contributed by atoms with E-state index in [4.69, 9.17) is 0 Å². The van der Waals surface area contributed by atoms with Crippen molar-refractivity contribution in [2.45, 2.75) is 32.4 Å². The molecule has 0 fully saturated rings. The third kappa shape index (κ3) is 4.79. The van der Waals surface area contributed by atoms with Crippen LogP contribution in [-0.4, -0.2) is 50.0 Å². The molecule has 0 aliphatic rings. The van der Waals surface area contributed by atoms with E-state index in [1.807, 2.05) is 31.2 Å². The van der Waals surface area contributed by atoms with Crippen molar-refractivity contribution >= 4 is 6.03 Å². The number of likely N-dealkylation sites (N-methyl/N-ethyl adjacent to an activating group) is 1. The van der Waals surface area contributed by atoms with Crippen molar-refractivity contribution in [3.05, 3.63) is 42.5 Å². The van der Waals surface area contributed by atoms with E-state index in [0.717, 1.165) is 11.3 Å². The zero-order chi connectivity index (χ0) is 17.0. The van der Waals surface area contributed by atoms with Gasteiger partial charge in [-0.2, -0.15) is 5.10 Å². The maximum Gasteiger partial charge on any atom is 0.317 e. The molecule has 0 radical (unpaired) electrons. The predicted molar refractivity (Wildman–Crippen MR) is 87.2 cm³/mol. The summed E-state index contributed by atoms with van der Waals surface area (Å²) in [6.45, 7) is 5.52. The van der Waals surface area contributed by atoms with Crippen molar-refractivity contribution < 1.29 is 9.90 Å². The lowest BCUT2D eigenvalue weighted by atomic mass is 10.1. The Morgan fingerprint density at radius 1 is 1.39 bits per heavy atom. The first-order valence-corrected chi connectivity index (χ1v) is 7.45. The van der Waals surface area contributed by atoms with Gasteiger partial charge in [0, 0.05) is 7.05 Å². The van der Waals surface area contributed by atoms with E-state index in [2.05, 4.69) is 15.4 Å². The fourth-order valence-corrected chi connectivity index (χ4v) is 2.29. The van der Waals surface area contributed by atoms with E-state index >= 15 is 0 Å². The standard InChI is InChI=1S/C16H23N5O2/c1-12(19-15(22)20(4)9-16(2,3)23)13-5-7-14(8-6-13)21-11-17-10-18-21/h5-8,10-12,23H,9H2,1-4H3,(H,19,22). The van der Waals surface area contributed by atoms with Crippen molar-refractivity contribution in [2.24, 2.45) is 0 Å². The van der Waals surface area contributed by atoms with Crippen molar-refractivity contribution in [3.63, 3.8) is 0 Å². The molecule has 0 aliphatic carbocycles. The molecule has 1 unspecified atom stereocenters. The molecule has 0 saturated heterocycles. The lowest BCUT2D eigenvalue weighted by Crippen LogP contribution is -2.45. The molecule has 1 heterocycles. The summed E-state index contributed by atoms with van der Waals surface area (Å²) in [6.07, 6.45) is 3.11. The minimum Gasteiger partial charge on any atom is -0.389 e. The number of hydrogen-bond donors (Lipinski definition) is 2. The van der Waals surface area contributed by atoms with Crippen LogP contribution in [0.4, 0.5) is 4.79 Å². The van der Waals surface area contributed by atoms with Gasteiger partial charge in [-0.25, -0.2) is 14.5 Å². The van der Waals surface area contributed by atoms with Gasteiger partial charge in [-0.1, -0.05) is 12.1 Å². The third-order valence-electron chi connectivity index (χ3n) is 3.39. The Morgan fingerprint density at radius 3 is 2.57 bits per heavy atom. The van der Waals surface area contributed by atoms with Gasteiger partial charge in [-0.3, -0.25) is 0 Å². The highest BCUT2D eigenvalue weighted by Gasteiger charge is 2.20. The van der Waals surface area contributed by atoms with Crippen molar-refractivity contribution in [2.75, 3.05) is 13.6 Å². The molecular formula is C16H23N5O2. The number of carbonyl (C=O) groups is 1. The topological polar surface area (TPSA) is 83.3 Å². The Balaban J connectivity index is 1.98. The molecule has 0 aliphatic heterocycles. The van der Waals surface area contributed by atoms with Crippen LogP contribution < -0.4 is 5.32 Å². The zero-order valence-electron chi connectivity index (χ0n) is 13.9. The first-order valence-electron chi connectivity index (χ1n) is 7.45. The summed E-state index contributed by atoms with van der Waals surface area (Å²) >= 11 is 0. The largest absolute Gasteiger partial charge is 0.389 e. The number of nitrogens with one attached hydrogen (secondary N) is 1. The lowest BCUT2D eigenvalue weighted by Gasteiger charge is -2.27. The van der Waals surface area contributed by atoms with Gasteiger partial charge >= 0.3 is 6.03 Å². The van der Waals surface area contributed by atoms with Crippen molar-refractivity contribution in [3.8, 4) is 5.69 Å². The highest BCUT2D eigenvalue weighted by atomic mass is 16.3. The molecular weight excluding hydrogens is 294 g/mol. The highest BCUT2D eigenvalue weighted by Crippen LogP contribution is 2.15. The Kier molecular flexibility index (Phi) is 5.00. The first kappa shape index (κ1) is 17.0. The second-order valence-corrected chi connectivity index (χ2v) is 6.27. The number of urea groups is 1. The Morgan fingerprint density at radius 2 is 2.04 bits per heavy atom. The molecule has 1 aromatic heterocycles. The van der Waals surface area contributed by atoms with Gasteiger partial charge < -0.3 is 15.3 Å². The average molecular weight is 317 g/mol. The fraction of sp³-hybridized carbons (Fsp3) is 0.438. The Hall–Kier alpha value is -2.41. The van der Waals surface area contributed by atoms with Gasteiger partial charge in [-0.05, 0) is 38.5 Å². The predicted octanol–water partition coefficient (Wildman–Crippen LogP) is 1.74. The van der Waals surface area contributed by atoms with Crippen LogP contribution in [0, 0.1) is 0 Å². The van der Waals surface area contributed by atoms with Crippen molar-refractivity contribution in [1.82, 2.24) is 25.0 Å². The number of rotatable bonds is 5. The number of aromatic nitrogens is 3. The molecule has 7 heteroatoms. The highest BCUT2D eigenvalue weighted by molar-refractivity contribution is 5.74. The van der Waals surface area contributed by atoms with E-state index in [1.54, 1.807) is 31.9 Å². The van der Waals surface area contributed by atoms with Crippen LogP contribution in [0.5, 0.6) is 0 Å². The van der Waals surface area contributed by atoms with Crippen LogP contribution in [0.15, 0.2) is 36.9 Å². The number of amides is 2. The van der Waals surface area contributed by atoms with Crippen LogP contribution in [-0.2, 0) is 0 Å². The quantitative estimate of drug-likeness (QED) is 0.880. The monoisotopic (exact) mass is 317 g/mol. The minimum atomic E-state index is -0.922. The summed E-state index contributed by atoms with van der Waals surface area (Å²) in [4.78, 5) is 17.5. The van der Waals surface area contributed by atoms with E-state index in [-0.39, 0.29) is 18.6 Å². The van der Waals surface area contributed by atoms with Crippen LogP contribution in [0.25, 0.3) is 5.69 Å². The fourth-order valence-electron chi connectivity index (χ4n) is 2.29. The maximum atomic E-state index is 12.1. The van der Waals surface area contributed by atoms with Crippen LogP contribution in [0.1, 0.15) is 32.4 Å². The van der Waals surface area contributed by atoms with Gasteiger partial charge in [0.1, 0.15) is 12.7 Å². The molecule has 124 valence electrons. The van der Waals surface area contributed by atoms with E-state index in [1.165, 1.54) is 11.2 Å². The van der Waals surface area contributed by atoms with Crippen LogP contribution >= 0.6 is 0 Å². The number of hydrogen-bond acceptors (Lipinski definition) is 4. The van der Waals surface area contributed by atoms with Gasteiger partial charge in [0.05, 0.1) is 23.9 Å². The average Bonchev–Trinajstić information content (AvgIpc) is 2.99. The Labute approximate surface area is 136 Å². The van der Waals surface area contributed by atoms with Gasteiger partial charge in [0.25, 0.3) is 0 Å². The second-order valence-electron chi connectivity index (χ2n) is 6.27. The molecule has 2 rings (SSSR count). The summed E-state index contributed by atoms with van der Waals surface area (Å²) < 4.78 is 1.67. The van der Waals surface area contributed by atoms with Gasteiger partial charge in [0.15, 0.2) is 0 Å². The number of carbonyl (C=O) groups excluding carboxylic acids is 1. The zero-order valence-corrected chi connectivity index (χ0v) is 13.9. The molecule has 2 aromatic rings. The first-order chi connectivity index (χ1) is 10.8. The number of benzene rings is 1. The summed E-state index contributed by atoms with van der Waals surface area (Å²) in [5.41, 5.74) is 0.970. The van der Waals surface area contributed by atoms with Crippen LogP contribution in [0.3, 0.4) is 0 Å². The smallest absolute Gasteiger partial charge is 0.317 e. The summed E-state index contributed by atoms with van der Waals surface area (Å²) in [6, 6.07) is 7.37. The molecule has 0 bridgehead atoms. The third-order valence-corrected chi connectivity index (χ3v) is 3.39. The molecule has 2 N–H and O–H groups in total. The molecule has 1 atom stereocenters.